The van der Waals surface area contributed by atoms with Crippen LogP contribution in [0.2, 0.25) is 0 Å². The van der Waals surface area contributed by atoms with E-state index in [1.807, 2.05) is 0 Å². The second-order valence-corrected chi connectivity index (χ2v) is 19.1. The molecule has 1 aliphatic carbocycles. The number of phosphoric ester groups is 1. The van der Waals surface area contributed by atoms with Crippen LogP contribution in [-0.2, 0) is 32.7 Å². The Kier molecular flexibility index (Phi) is 36.2. The summed E-state index contributed by atoms with van der Waals surface area (Å²) in [5.74, 6) is -1.08. The van der Waals surface area contributed by atoms with Crippen LogP contribution in [0, 0.1) is 0 Å². The van der Waals surface area contributed by atoms with Crippen LogP contribution < -0.4 is 0 Å². The van der Waals surface area contributed by atoms with Crippen LogP contribution in [0.3, 0.4) is 0 Å². The molecule has 0 aliphatic heterocycles. The number of esters is 2. The molecule has 14 heteroatoms. The lowest BCUT2D eigenvalue weighted by molar-refractivity contribution is -0.220. The minimum absolute atomic E-state index is 0.104. The quantitative estimate of drug-likeness (QED) is 0.0192. The minimum Gasteiger partial charge on any atom is -0.462 e. The Morgan fingerprint density at radius 2 is 0.738 bits per heavy atom. The number of carbonyl (C=O) groups is 2. The molecule has 1 saturated carbocycles. The molecule has 61 heavy (non-hydrogen) atoms. The van der Waals surface area contributed by atoms with Crippen molar-refractivity contribution in [2.75, 3.05) is 13.2 Å². The lowest BCUT2D eigenvalue weighted by Gasteiger charge is -2.41. The summed E-state index contributed by atoms with van der Waals surface area (Å²) in [4.78, 5) is 35.7. The zero-order valence-corrected chi connectivity index (χ0v) is 39.4. The van der Waals surface area contributed by atoms with E-state index < -0.39 is 75.7 Å². The van der Waals surface area contributed by atoms with Crippen molar-refractivity contribution in [3.63, 3.8) is 0 Å². The summed E-state index contributed by atoms with van der Waals surface area (Å²) in [6, 6.07) is 0. The van der Waals surface area contributed by atoms with Gasteiger partial charge in [-0.05, 0) is 12.8 Å². The molecular weight excluding hydrogens is 803 g/mol. The molecule has 8 atom stereocenters. The van der Waals surface area contributed by atoms with Gasteiger partial charge in [0.05, 0.1) is 6.61 Å². The number of hydrogen-bond donors (Lipinski definition) is 6. The Morgan fingerprint density at radius 3 is 1.08 bits per heavy atom. The fraction of sp³-hybridized carbons (Fsp3) is 0.957. The summed E-state index contributed by atoms with van der Waals surface area (Å²) in [6.07, 6.45) is 25.9. The van der Waals surface area contributed by atoms with Gasteiger partial charge in [-0.3, -0.25) is 18.6 Å². The molecule has 1 rings (SSSR count). The molecule has 0 amide bonds. The third-order valence-electron chi connectivity index (χ3n) is 11.9. The van der Waals surface area contributed by atoms with Crippen molar-refractivity contribution in [2.24, 2.45) is 0 Å². The van der Waals surface area contributed by atoms with Gasteiger partial charge >= 0.3 is 19.8 Å². The monoisotopic (exact) mass is 895 g/mol. The van der Waals surface area contributed by atoms with Gasteiger partial charge in [-0.25, -0.2) is 4.57 Å². The Morgan fingerprint density at radius 1 is 0.443 bits per heavy atom. The van der Waals surface area contributed by atoms with E-state index in [1.165, 1.54) is 154 Å². The van der Waals surface area contributed by atoms with Gasteiger partial charge in [-0.1, -0.05) is 206 Å². The van der Waals surface area contributed by atoms with Gasteiger partial charge in [0.1, 0.15) is 43.2 Å². The fourth-order valence-electron chi connectivity index (χ4n) is 7.94. The van der Waals surface area contributed by atoms with E-state index in [1.54, 1.807) is 0 Å². The number of aliphatic hydroxyl groups is 5. The topological polar surface area (TPSA) is 210 Å². The van der Waals surface area contributed by atoms with Gasteiger partial charge in [0.15, 0.2) is 6.10 Å². The average molecular weight is 895 g/mol. The molecule has 0 radical (unpaired) electrons. The van der Waals surface area contributed by atoms with E-state index >= 15 is 0 Å². The first kappa shape index (κ1) is 57.9. The Labute approximate surface area is 370 Å². The van der Waals surface area contributed by atoms with Crippen molar-refractivity contribution in [3.05, 3.63) is 0 Å². The van der Waals surface area contributed by atoms with Gasteiger partial charge < -0.3 is 39.9 Å². The molecule has 0 aromatic heterocycles. The predicted molar refractivity (Wildman–Crippen MR) is 240 cm³/mol. The fourth-order valence-corrected chi connectivity index (χ4v) is 8.91. The molecule has 6 unspecified atom stereocenters. The first-order chi connectivity index (χ1) is 29.4. The summed E-state index contributed by atoms with van der Waals surface area (Å²) in [5.41, 5.74) is 0. The van der Waals surface area contributed by atoms with Gasteiger partial charge in [-0.2, -0.15) is 0 Å². The molecular formula is C47H91O13P. The van der Waals surface area contributed by atoms with Crippen molar-refractivity contribution in [1.29, 1.82) is 0 Å². The first-order valence-corrected chi connectivity index (χ1v) is 26.3. The SMILES string of the molecule is CCCCCCCCCCCCCCCCCCCCCCC(=O)OC[C@@H](COP(=O)(O)OC1C(O)C(O)C(O)[C@H](O)C1O)OC(=O)CCCCCCCCCCCCCC. The molecule has 1 fully saturated rings. The summed E-state index contributed by atoms with van der Waals surface area (Å²) < 4.78 is 33.6. The number of ether oxygens (including phenoxy) is 2. The number of hydrogen-bond acceptors (Lipinski definition) is 12. The van der Waals surface area contributed by atoms with E-state index in [4.69, 9.17) is 18.5 Å². The zero-order chi connectivity index (χ0) is 45.0. The molecule has 0 aromatic rings. The highest BCUT2D eigenvalue weighted by atomic mass is 31.2. The summed E-state index contributed by atoms with van der Waals surface area (Å²) in [6.45, 7) is 3.33. The van der Waals surface area contributed by atoms with Gasteiger partial charge in [0.25, 0.3) is 0 Å². The first-order valence-electron chi connectivity index (χ1n) is 24.8. The van der Waals surface area contributed by atoms with Crippen LogP contribution in [0.1, 0.15) is 232 Å². The third kappa shape index (κ3) is 30.6. The maximum atomic E-state index is 12.8. The highest BCUT2D eigenvalue weighted by Crippen LogP contribution is 2.47. The van der Waals surface area contributed by atoms with Crippen LogP contribution in [0.5, 0.6) is 0 Å². The van der Waals surface area contributed by atoms with Crippen LogP contribution >= 0.6 is 7.82 Å². The lowest BCUT2D eigenvalue weighted by atomic mass is 9.85. The van der Waals surface area contributed by atoms with Gasteiger partial charge in [-0.15, -0.1) is 0 Å². The molecule has 1 aliphatic rings. The van der Waals surface area contributed by atoms with Crippen molar-refractivity contribution in [1.82, 2.24) is 0 Å². The molecule has 0 aromatic carbocycles. The Balaban J connectivity index is 2.36. The minimum atomic E-state index is -5.11. The second kappa shape index (κ2) is 38.2. The molecule has 0 spiro atoms. The standard InChI is InChI=1S/C47H91O13P/c1-3-5-7-9-11-13-15-17-18-19-20-21-22-23-24-26-27-29-31-33-35-40(48)57-37-39(59-41(49)36-34-32-30-28-25-16-14-12-10-8-6-4-2)38-58-61(55,56)60-47-45(53)43(51)42(50)44(52)46(47)54/h39,42-47,50-54H,3-38H2,1-2H3,(H,55,56)/t39-,42?,43-,44?,45?,46?,47?/m0/s1. The van der Waals surface area contributed by atoms with Gasteiger partial charge in [0.2, 0.25) is 0 Å². The zero-order valence-electron chi connectivity index (χ0n) is 38.5. The maximum Gasteiger partial charge on any atom is 0.472 e. The Hall–Kier alpha value is -1.15. The predicted octanol–water partition coefficient (Wildman–Crippen LogP) is 10.1. The molecule has 0 saturated heterocycles. The number of unbranched alkanes of at least 4 members (excludes halogenated alkanes) is 30. The molecule has 13 nitrogen and oxygen atoms in total. The van der Waals surface area contributed by atoms with E-state index in [2.05, 4.69) is 13.8 Å². The van der Waals surface area contributed by atoms with Crippen molar-refractivity contribution >= 4 is 19.8 Å². The van der Waals surface area contributed by atoms with E-state index in [0.29, 0.717) is 12.8 Å². The second-order valence-electron chi connectivity index (χ2n) is 17.7. The third-order valence-corrected chi connectivity index (χ3v) is 12.9. The molecule has 362 valence electrons. The lowest BCUT2D eigenvalue weighted by Crippen LogP contribution is -2.64. The van der Waals surface area contributed by atoms with Crippen LogP contribution in [0.25, 0.3) is 0 Å². The van der Waals surface area contributed by atoms with E-state index in [-0.39, 0.29) is 12.8 Å². The molecule has 0 heterocycles. The smallest absolute Gasteiger partial charge is 0.462 e. The summed E-state index contributed by atoms with van der Waals surface area (Å²) in [5, 5.41) is 50.2. The van der Waals surface area contributed by atoms with E-state index in [0.717, 1.165) is 38.5 Å². The highest BCUT2D eigenvalue weighted by molar-refractivity contribution is 7.47. The summed E-state index contributed by atoms with van der Waals surface area (Å²) >= 11 is 0. The normalized spacial score (nSPS) is 21.9. The van der Waals surface area contributed by atoms with E-state index in [9.17, 15) is 44.6 Å². The molecule has 0 bridgehead atoms. The number of phosphoric acid groups is 1. The number of carbonyl (C=O) groups excluding carboxylic acids is 2. The average Bonchev–Trinajstić information content (AvgIpc) is 3.24. The van der Waals surface area contributed by atoms with Crippen LogP contribution in [0.4, 0.5) is 0 Å². The number of rotatable bonds is 42. The van der Waals surface area contributed by atoms with Crippen molar-refractivity contribution in [3.8, 4) is 0 Å². The number of aliphatic hydroxyl groups excluding tert-OH is 5. The van der Waals surface area contributed by atoms with Crippen LogP contribution in [0.15, 0.2) is 0 Å². The van der Waals surface area contributed by atoms with Crippen molar-refractivity contribution < 1.29 is 63.1 Å². The molecule has 6 N–H and O–H groups in total. The van der Waals surface area contributed by atoms with Gasteiger partial charge in [0, 0.05) is 12.8 Å². The van der Waals surface area contributed by atoms with Crippen molar-refractivity contribution in [2.45, 2.75) is 275 Å². The largest absolute Gasteiger partial charge is 0.472 e. The maximum absolute atomic E-state index is 12.8. The summed E-state index contributed by atoms with van der Waals surface area (Å²) in [7, 11) is -5.11. The highest BCUT2D eigenvalue weighted by Gasteiger charge is 2.51. The van der Waals surface area contributed by atoms with Crippen LogP contribution in [-0.4, -0.2) is 98.3 Å². The Bertz CT molecular complexity index is 1080.